The van der Waals surface area contributed by atoms with Gasteiger partial charge in [0, 0.05) is 18.8 Å². The largest absolute Gasteiger partial charge is 0.308 e. The lowest BCUT2D eigenvalue weighted by Crippen LogP contribution is -2.25. The Kier molecular flexibility index (Phi) is 5.13. The molecule has 2 aromatic heterocycles. The van der Waals surface area contributed by atoms with Crippen LogP contribution in [0.25, 0.3) is 0 Å². The number of nitrogens with one attached hydrogen (secondary N) is 1. The van der Waals surface area contributed by atoms with Crippen LogP contribution in [0.1, 0.15) is 36.5 Å². The fourth-order valence-corrected chi connectivity index (χ4v) is 3.19. The molecule has 6 heteroatoms. The van der Waals surface area contributed by atoms with Gasteiger partial charge in [-0.2, -0.15) is 5.10 Å². The number of halogens is 1. The van der Waals surface area contributed by atoms with Gasteiger partial charge in [0.05, 0.1) is 33.1 Å². The molecule has 2 heterocycles. The number of hydrogen-bond donors (Lipinski definition) is 1. The second-order valence-corrected chi connectivity index (χ2v) is 6.11. The second kappa shape index (κ2) is 6.63. The minimum Gasteiger partial charge on any atom is -0.308 e. The van der Waals surface area contributed by atoms with Gasteiger partial charge >= 0.3 is 0 Å². The molecule has 1 unspecified atom stereocenters. The Morgan fingerprint density at radius 1 is 1.53 bits per heavy atom. The van der Waals surface area contributed by atoms with Crippen molar-refractivity contribution in [2.75, 3.05) is 6.54 Å². The van der Waals surface area contributed by atoms with Crippen molar-refractivity contribution in [3.63, 3.8) is 0 Å². The number of nitrogens with zero attached hydrogens (tertiary/aromatic N) is 3. The van der Waals surface area contributed by atoms with Gasteiger partial charge in [0.25, 0.3) is 0 Å². The predicted octanol–water partition coefficient (Wildman–Crippen LogP) is 3.23. The average molecular weight is 343 g/mol. The highest BCUT2D eigenvalue weighted by atomic mass is 79.9. The van der Waals surface area contributed by atoms with E-state index in [1.165, 1.54) is 5.69 Å². The minimum absolute atomic E-state index is 0.248. The minimum atomic E-state index is 0.248. The van der Waals surface area contributed by atoms with E-state index >= 15 is 0 Å². The van der Waals surface area contributed by atoms with Crippen molar-refractivity contribution < 1.29 is 0 Å². The van der Waals surface area contributed by atoms with Crippen molar-refractivity contribution in [2.45, 2.75) is 32.7 Å². The maximum Gasteiger partial charge on any atom is 0.0795 e. The summed E-state index contributed by atoms with van der Waals surface area (Å²) in [6.07, 6.45) is 2.01. The van der Waals surface area contributed by atoms with E-state index < -0.39 is 0 Å². The number of aryl methyl sites for hydroxylation is 2. The summed E-state index contributed by atoms with van der Waals surface area (Å²) in [6, 6.07) is 0.248. The van der Waals surface area contributed by atoms with E-state index in [2.05, 4.69) is 43.6 Å². The van der Waals surface area contributed by atoms with E-state index in [1.54, 1.807) is 11.3 Å². The van der Waals surface area contributed by atoms with Gasteiger partial charge in [-0.25, -0.2) is 4.98 Å². The van der Waals surface area contributed by atoms with Crippen molar-refractivity contribution in [1.82, 2.24) is 20.1 Å². The van der Waals surface area contributed by atoms with Crippen LogP contribution < -0.4 is 5.32 Å². The number of thiazole rings is 1. The lowest BCUT2D eigenvalue weighted by molar-refractivity contribution is 0.503. The lowest BCUT2D eigenvalue weighted by atomic mass is 10.1. The molecule has 19 heavy (non-hydrogen) atoms. The first-order valence-corrected chi connectivity index (χ1v) is 8.16. The average Bonchev–Trinajstić information content (AvgIpc) is 2.98. The van der Waals surface area contributed by atoms with Crippen molar-refractivity contribution in [1.29, 1.82) is 0 Å². The molecule has 0 saturated carbocycles. The highest BCUT2D eigenvalue weighted by Gasteiger charge is 2.19. The van der Waals surface area contributed by atoms with Gasteiger partial charge in [0.15, 0.2) is 0 Å². The summed E-state index contributed by atoms with van der Waals surface area (Å²) in [5, 5.41) is 10.1. The molecular formula is C13H19BrN4S. The Labute approximate surface area is 126 Å². The molecule has 104 valence electrons. The Hall–Kier alpha value is -0.720. The third-order valence-corrected chi connectivity index (χ3v) is 4.74. The molecule has 0 fully saturated rings. The zero-order valence-electron chi connectivity index (χ0n) is 11.5. The quantitative estimate of drug-likeness (QED) is 0.876. The Morgan fingerprint density at radius 2 is 2.32 bits per heavy atom. The molecule has 0 radical (unpaired) electrons. The molecule has 1 N–H and O–H groups in total. The molecule has 0 bridgehead atoms. The van der Waals surface area contributed by atoms with Gasteiger partial charge < -0.3 is 5.32 Å². The molecule has 0 aliphatic heterocycles. The van der Waals surface area contributed by atoms with Crippen molar-refractivity contribution in [3.8, 4) is 0 Å². The molecule has 2 rings (SSSR count). The SMILES string of the molecule is CCCNC(Cc1c(Br)c(C)nn1C)c1cscn1. The number of hydrogen-bond acceptors (Lipinski definition) is 4. The Morgan fingerprint density at radius 3 is 2.84 bits per heavy atom. The molecule has 0 aromatic carbocycles. The number of aromatic nitrogens is 3. The van der Waals surface area contributed by atoms with Gasteiger partial charge in [-0.3, -0.25) is 4.68 Å². The first-order valence-electron chi connectivity index (χ1n) is 6.43. The van der Waals surface area contributed by atoms with Crippen LogP contribution in [0.2, 0.25) is 0 Å². The second-order valence-electron chi connectivity index (χ2n) is 4.59. The standard InChI is InChI=1S/C13H19BrN4S/c1-4-5-15-10(11-7-19-8-16-11)6-12-13(14)9(2)17-18(12)3/h7-8,10,15H,4-6H2,1-3H3. The van der Waals surface area contributed by atoms with Gasteiger partial charge in [-0.1, -0.05) is 6.92 Å². The van der Waals surface area contributed by atoms with Crippen LogP contribution in [0.15, 0.2) is 15.4 Å². The van der Waals surface area contributed by atoms with Crippen LogP contribution in [0.4, 0.5) is 0 Å². The number of rotatable bonds is 6. The predicted molar refractivity (Wildman–Crippen MR) is 82.5 cm³/mol. The van der Waals surface area contributed by atoms with Crippen LogP contribution in [-0.4, -0.2) is 21.3 Å². The maximum atomic E-state index is 4.45. The van der Waals surface area contributed by atoms with E-state index in [-0.39, 0.29) is 6.04 Å². The highest BCUT2D eigenvalue weighted by Crippen LogP contribution is 2.26. The first-order chi connectivity index (χ1) is 9.13. The zero-order valence-corrected chi connectivity index (χ0v) is 13.9. The molecule has 1 atom stereocenters. The molecule has 4 nitrogen and oxygen atoms in total. The van der Waals surface area contributed by atoms with Crippen LogP contribution in [0.3, 0.4) is 0 Å². The fraction of sp³-hybridized carbons (Fsp3) is 0.538. The summed E-state index contributed by atoms with van der Waals surface area (Å²) in [5.74, 6) is 0. The van der Waals surface area contributed by atoms with Crippen molar-refractivity contribution >= 4 is 27.3 Å². The monoisotopic (exact) mass is 342 g/mol. The molecule has 0 saturated heterocycles. The third kappa shape index (κ3) is 3.43. The summed E-state index contributed by atoms with van der Waals surface area (Å²) in [4.78, 5) is 4.44. The van der Waals surface area contributed by atoms with Gasteiger partial charge in [0.1, 0.15) is 0 Å². The van der Waals surface area contributed by atoms with Crippen LogP contribution in [-0.2, 0) is 13.5 Å². The van der Waals surface area contributed by atoms with E-state index in [9.17, 15) is 0 Å². The smallest absolute Gasteiger partial charge is 0.0795 e. The maximum absolute atomic E-state index is 4.45. The van der Waals surface area contributed by atoms with Crippen molar-refractivity contribution in [3.05, 3.63) is 32.4 Å². The summed E-state index contributed by atoms with van der Waals surface area (Å²) < 4.78 is 3.06. The molecule has 0 spiro atoms. The molecular weight excluding hydrogens is 324 g/mol. The van der Waals surface area contributed by atoms with Gasteiger partial charge in [-0.05, 0) is 35.8 Å². The van der Waals surface area contributed by atoms with E-state index in [4.69, 9.17) is 0 Å². The Bertz CT molecular complexity index is 521. The zero-order chi connectivity index (χ0) is 13.8. The van der Waals surface area contributed by atoms with E-state index in [0.29, 0.717) is 0 Å². The molecule has 0 aliphatic carbocycles. The van der Waals surface area contributed by atoms with Crippen molar-refractivity contribution in [2.24, 2.45) is 7.05 Å². The summed E-state index contributed by atoms with van der Waals surface area (Å²) in [6.45, 7) is 5.19. The Balaban J connectivity index is 2.20. The third-order valence-electron chi connectivity index (χ3n) is 3.11. The molecule has 2 aromatic rings. The summed E-state index contributed by atoms with van der Waals surface area (Å²) >= 11 is 5.27. The van der Waals surface area contributed by atoms with E-state index in [0.717, 1.165) is 35.2 Å². The van der Waals surface area contributed by atoms with Gasteiger partial charge in [-0.15, -0.1) is 11.3 Å². The summed E-state index contributed by atoms with van der Waals surface area (Å²) in [7, 11) is 1.99. The topological polar surface area (TPSA) is 42.7 Å². The normalized spacial score (nSPS) is 12.8. The first kappa shape index (κ1) is 14.7. The lowest BCUT2D eigenvalue weighted by Gasteiger charge is -2.17. The van der Waals surface area contributed by atoms with Crippen LogP contribution >= 0.6 is 27.3 Å². The van der Waals surface area contributed by atoms with Crippen LogP contribution in [0.5, 0.6) is 0 Å². The highest BCUT2D eigenvalue weighted by molar-refractivity contribution is 9.10. The van der Waals surface area contributed by atoms with Gasteiger partial charge in [0.2, 0.25) is 0 Å². The van der Waals surface area contributed by atoms with E-state index in [1.807, 2.05) is 24.2 Å². The molecule has 0 aliphatic rings. The summed E-state index contributed by atoms with van der Waals surface area (Å²) in [5.41, 5.74) is 5.24. The molecule has 0 amide bonds. The van der Waals surface area contributed by atoms with Crippen LogP contribution in [0, 0.1) is 6.92 Å². The fourth-order valence-electron chi connectivity index (χ4n) is 2.09.